The van der Waals surface area contributed by atoms with E-state index in [9.17, 15) is 4.79 Å². The first kappa shape index (κ1) is 10.0. The third-order valence-electron chi connectivity index (χ3n) is 0.706. The zero-order valence-corrected chi connectivity index (χ0v) is 8.13. The smallest absolute Gasteiger partial charge is 0.315 e. The number of carbonyl (C=O) groups is 1. The van der Waals surface area contributed by atoms with E-state index >= 15 is 0 Å². The van der Waals surface area contributed by atoms with Crippen LogP contribution in [0.4, 0.5) is 0 Å². The van der Waals surface area contributed by atoms with E-state index < -0.39 is 0 Å². The molecule has 0 heterocycles. The summed E-state index contributed by atoms with van der Waals surface area (Å²) in [6.07, 6.45) is 0. The van der Waals surface area contributed by atoms with Crippen LogP contribution in [0.15, 0.2) is 11.1 Å². The van der Waals surface area contributed by atoms with Crippen molar-refractivity contribution in [3.8, 4) is 0 Å². The van der Waals surface area contributed by atoms with Gasteiger partial charge in [-0.05, 0) is 4.48 Å². The van der Waals surface area contributed by atoms with Gasteiger partial charge in [0, 0.05) is 5.75 Å². The molecule has 0 N–H and O–H groups in total. The zero-order valence-electron chi connectivity index (χ0n) is 5.72. The van der Waals surface area contributed by atoms with Gasteiger partial charge in [0.25, 0.3) is 0 Å². The molecule has 0 aliphatic heterocycles. The Kier molecular flexibility index (Phi) is 5.82. The number of halogens is 1. The van der Waals surface area contributed by atoms with Crippen LogP contribution in [0.3, 0.4) is 0 Å². The molecule has 0 aromatic rings. The summed E-state index contributed by atoms with van der Waals surface area (Å²) < 4.78 is 5.32. The molecule has 0 aliphatic carbocycles. The van der Waals surface area contributed by atoms with Gasteiger partial charge in [0.1, 0.15) is 0 Å². The minimum atomic E-state index is -0.196. The quantitative estimate of drug-likeness (QED) is 0.682. The minimum Gasteiger partial charge on any atom is -0.468 e. The highest BCUT2D eigenvalue weighted by atomic mass is 79.9. The van der Waals surface area contributed by atoms with Gasteiger partial charge >= 0.3 is 5.97 Å². The van der Waals surface area contributed by atoms with Crippen molar-refractivity contribution in [3.63, 3.8) is 0 Å². The van der Waals surface area contributed by atoms with Crippen LogP contribution < -0.4 is 0 Å². The lowest BCUT2D eigenvalue weighted by Gasteiger charge is -1.97. The summed E-state index contributed by atoms with van der Waals surface area (Å²) in [5, 5.41) is 0. The summed E-state index contributed by atoms with van der Waals surface area (Å²) in [7, 11) is 1.38. The Labute approximate surface area is 73.1 Å². The highest BCUT2D eigenvalue weighted by Gasteiger charge is 1.98. The Morgan fingerprint density at radius 3 is 2.70 bits per heavy atom. The van der Waals surface area contributed by atoms with Crippen LogP contribution in [-0.2, 0) is 9.53 Å². The third-order valence-corrected chi connectivity index (χ3v) is 2.35. The second-order valence-electron chi connectivity index (χ2n) is 1.59. The molecule has 0 aliphatic rings. The topological polar surface area (TPSA) is 26.3 Å². The van der Waals surface area contributed by atoms with Gasteiger partial charge in [0.05, 0.1) is 12.9 Å². The van der Waals surface area contributed by atoms with Crippen molar-refractivity contribution in [2.24, 2.45) is 0 Å². The fraction of sp³-hybridized carbons (Fsp3) is 0.500. The summed E-state index contributed by atoms with van der Waals surface area (Å²) in [6.45, 7) is 3.62. The molecule has 0 aromatic carbocycles. The number of hydrogen-bond acceptors (Lipinski definition) is 3. The van der Waals surface area contributed by atoms with Crippen LogP contribution in [0, 0.1) is 0 Å². The second kappa shape index (κ2) is 5.80. The average Bonchev–Trinajstić information content (AvgIpc) is 1.87. The van der Waals surface area contributed by atoms with Gasteiger partial charge in [-0.3, -0.25) is 4.79 Å². The van der Waals surface area contributed by atoms with Crippen LogP contribution in [0.5, 0.6) is 0 Å². The molecule has 0 spiro atoms. The average molecular weight is 225 g/mol. The highest BCUT2D eigenvalue weighted by Crippen LogP contribution is 2.10. The van der Waals surface area contributed by atoms with E-state index in [0.717, 1.165) is 10.2 Å². The molecule has 0 saturated carbocycles. The lowest BCUT2D eigenvalue weighted by atomic mass is 10.8. The molecule has 0 rings (SSSR count). The molecular formula is C6H9BrO2S. The SMILES string of the molecule is C=C(Br)CSCC(=O)OC. The highest BCUT2D eigenvalue weighted by molar-refractivity contribution is 9.11. The number of esters is 1. The van der Waals surface area contributed by atoms with E-state index in [0.29, 0.717) is 5.75 Å². The van der Waals surface area contributed by atoms with Gasteiger partial charge in [-0.15, -0.1) is 11.8 Å². The van der Waals surface area contributed by atoms with Crippen LogP contribution in [0.2, 0.25) is 0 Å². The van der Waals surface area contributed by atoms with Crippen LogP contribution in [0.1, 0.15) is 0 Å². The Balaban J connectivity index is 3.20. The van der Waals surface area contributed by atoms with Crippen molar-refractivity contribution in [1.29, 1.82) is 0 Å². The number of ether oxygens (including phenoxy) is 1. The van der Waals surface area contributed by atoms with Gasteiger partial charge in [-0.1, -0.05) is 22.5 Å². The largest absolute Gasteiger partial charge is 0.468 e. The van der Waals surface area contributed by atoms with Gasteiger partial charge in [-0.25, -0.2) is 0 Å². The summed E-state index contributed by atoms with van der Waals surface area (Å²) >= 11 is 4.65. The van der Waals surface area contributed by atoms with Crippen molar-refractivity contribution in [1.82, 2.24) is 0 Å². The van der Waals surface area contributed by atoms with Crippen molar-refractivity contribution < 1.29 is 9.53 Å². The van der Waals surface area contributed by atoms with Crippen LogP contribution >= 0.6 is 27.7 Å². The van der Waals surface area contributed by atoms with Crippen molar-refractivity contribution in [3.05, 3.63) is 11.1 Å². The Bertz CT molecular complexity index is 136. The van der Waals surface area contributed by atoms with Gasteiger partial charge in [0.2, 0.25) is 0 Å². The summed E-state index contributed by atoms with van der Waals surface area (Å²) in [5.41, 5.74) is 0. The molecule has 0 aromatic heterocycles. The molecule has 0 bridgehead atoms. The van der Waals surface area contributed by atoms with Crippen molar-refractivity contribution in [2.75, 3.05) is 18.6 Å². The Morgan fingerprint density at radius 2 is 2.30 bits per heavy atom. The monoisotopic (exact) mass is 224 g/mol. The fourth-order valence-corrected chi connectivity index (χ4v) is 1.40. The second-order valence-corrected chi connectivity index (χ2v) is 3.69. The van der Waals surface area contributed by atoms with Crippen LogP contribution in [0.25, 0.3) is 0 Å². The van der Waals surface area contributed by atoms with E-state index in [1.807, 2.05) is 0 Å². The molecule has 0 atom stereocenters. The number of hydrogen-bond donors (Lipinski definition) is 0. The van der Waals surface area contributed by atoms with Gasteiger partial charge in [-0.2, -0.15) is 0 Å². The maximum absolute atomic E-state index is 10.5. The lowest BCUT2D eigenvalue weighted by Crippen LogP contribution is -2.03. The number of carbonyl (C=O) groups excluding carboxylic acids is 1. The summed E-state index contributed by atoms with van der Waals surface area (Å²) in [6, 6.07) is 0. The molecule has 0 unspecified atom stereocenters. The van der Waals surface area contributed by atoms with Crippen molar-refractivity contribution >= 4 is 33.7 Å². The molecule has 0 amide bonds. The minimum absolute atomic E-state index is 0.196. The predicted molar refractivity (Wildman–Crippen MR) is 47.4 cm³/mol. The van der Waals surface area contributed by atoms with Crippen molar-refractivity contribution in [2.45, 2.75) is 0 Å². The van der Waals surface area contributed by atoms with E-state index in [2.05, 4.69) is 27.2 Å². The molecule has 10 heavy (non-hydrogen) atoms. The molecule has 0 fully saturated rings. The molecule has 0 saturated heterocycles. The van der Waals surface area contributed by atoms with Gasteiger partial charge < -0.3 is 4.74 Å². The number of thioether (sulfide) groups is 1. The summed E-state index contributed by atoms with van der Waals surface area (Å²) in [5.74, 6) is 0.940. The van der Waals surface area contributed by atoms with Gasteiger partial charge in [0.15, 0.2) is 0 Å². The first-order chi connectivity index (χ1) is 4.66. The maximum atomic E-state index is 10.5. The first-order valence-electron chi connectivity index (χ1n) is 2.64. The molecule has 4 heteroatoms. The normalized spacial score (nSPS) is 9.00. The molecule has 2 nitrogen and oxygen atoms in total. The zero-order chi connectivity index (χ0) is 7.98. The third kappa shape index (κ3) is 6.16. The maximum Gasteiger partial charge on any atom is 0.315 e. The molecule has 0 radical (unpaired) electrons. The van der Waals surface area contributed by atoms with Crippen LogP contribution in [-0.4, -0.2) is 24.6 Å². The Morgan fingerprint density at radius 1 is 1.70 bits per heavy atom. The fourth-order valence-electron chi connectivity index (χ4n) is 0.304. The standard InChI is InChI=1S/C6H9BrO2S/c1-5(7)3-10-4-6(8)9-2/h1,3-4H2,2H3. The summed E-state index contributed by atoms with van der Waals surface area (Å²) in [4.78, 5) is 10.5. The van der Waals surface area contributed by atoms with E-state index in [-0.39, 0.29) is 5.97 Å². The molecule has 58 valence electrons. The molecular weight excluding hydrogens is 216 g/mol. The number of rotatable bonds is 4. The predicted octanol–water partition coefficient (Wildman–Crippen LogP) is 1.80. The lowest BCUT2D eigenvalue weighted by molar-refractivity contribution is -0.137. The van der Waals surface area contributed by atoms with E-state index in [4.69, 9.17) is 0 Å². The Hall–Kier alpha value is 0.0400. The first-order valence-corrected chi connectivity index (χ1v) is 4.59. The number of methoxy groups -OCH3 is 1. The van der Waals surface area contributed by atoms with E-state index in [1.165, 1.54) is 18.9 Å². The van der Waals surface area contributed by atoms with E-state index in [1.54, 1.807) is 0 Å².